The second-order valence-electron chi connectivity index (χ2n) is 2.80. The maximum Gasteiger partial charge on any atom is 0.134 e. The first-order valence-electron chi connectivity index (χ1n) is 4.26. The van der Waals surface area contributed by atoms with E-state index in [9.17, 15) is 9.90 Å². The molecule has 0 spiro atoms. The van der Waals surface area contributed by atoms with Gasteiger partial charge in [0.15, 0.2) is 0 Å². The molecule has 0 fully saturated rings. The summed E-state index contributed by atoms with van der Waals surface area (Å²) in [6.07, 6.45) is -0.506. The molecule has 1 N–H and O–H groups in total. The average Bonchev–Trinajstić information content (AvgIpc) is 2.15. The summed E-state index contributed by atoms with van der Waals surface area (Å²) in [7, 11) is 0. The Bertz CT molecular complexity index is 272. The zero-order chi connectivity index (χ0) is 9.68. The molecular formula is C10H12NO2-. The minimum absolute atomic E-state index is 0.161. The second-order valence-corrected chi connectivity index (χ2v) is 2.80. The molecule has 0 heterocycles. The van der Waals surface area contributed by atoms with E-state index in [2.05, 4.69) is 5.32 Å². The van der Waals surface area contributed by atoms with Crippen LogP contribution in [0.3, 0.4) is 0 Å². The predicted octanol–water partition coefficient (Wildman–Crippen LogP) is 1.07. The van der Waals surface area contributed by atoms with Crippen LogP contribution in [0.2, 0.25) is 0 Å². The minimum atomic E-state index is -1.23. The lowest BCUT2D eigenvalue weighted by Crippen LogP contribution is -2.38. The molecule has 13 heavy (non-hydrogen) atoms. The molecule has 0 radical (unpaired) electrons. The molecule has 1 rings (SSSR count). The van der Waals surface area contributed by atoms with Gasteiger partial charge in [-0.15, -0.1) is 0 Å². The summed E-state index contributed by atoms with van der Waals surface area (Å²) in [5.41, 5.74) is 0.967. The molecule has 0 saturated carbocycles. The topological polar surface area (TPSA) is 52.2 Å². The third kappa shape index (κ3) is 2.78. The standard InChI is InChI=1S/C10H13NO2/c1-2-9(11-10(12)13)8-6-4-3-5-7-8/h3-7,9,11H,2H2,1H3,(H,12,13)/p-1/t9-/m1/s1. The van der Waals surface area contributed by atoms with Crippen molar-refractivity contribution in [2.75, 3.05) is 0 Å². The highest BCUT2D eigenvalue weighted by Crippen LogP contribution is 2.14. The van der Waals surface area contributed by atoms with Crippen LogP contribution in [0, 0.1) is 0 Å². The molecule has 0 bridgehead atoms. The first-order chi connectivity index (χ1) is 6.24. The van der Waals surface area contributed by atoms with E-state index in [1.54, 1.807) is 0 Å². The monoisotopic (exact) mass is 178 g/mol. The zero-order valence-electron chi connectivity index (χ0n) is 7.49. The number of hydrogen-bond acceptors (Lipinski definition) is 2. The molecule has 1 atom stereocenters. The summed E-state index contributed by atoms with van der Waals surface area (Å²) in [5, 5.41) is 12.7. The molecule has 3 heteroatoms. The molecule has 3 nitrogen and oxygen atoms in total. The van der Waals surface area contributed by atoms with Crippen LogP contribution >= 0.6 is 0 Å². The second kappa shape index (κ2) is 4.50. The molecule has 0 unspecified atom stereocenters. The average molecular weight is 178 g/mol. The van der Waals surface area contributed by atoms with Gasteiger partial charge in [0, 0.05) is 0 Å². The van der Waals surface area contributed by atoms with E-state index >= 15 is 0 Å². The molecule has 0 aromatic heterocycles. The molecule has 0 aliphatic carbocycles. The number of benzene rings is 1. The maximum absolute atomic E-state index is 10.3. The van der Waals surface area contributed by atoms with Crippen LogP contribution < -0.4 is 10.4 Å². The molecular weight excluding hydrogens is 166 g/mol. The highest BCUT2D eigenvalue weighted by Gasteiger charge is 2.06. The summed E-state index contributed by atoms with van der Waals surface area (Å²) in [6.45, 7) is 1.92. The Morgan fingerprint density at radius 3 is 2.54 bits per heavy atom. The molecule has 70 valence electrons. The van der Waals surface area contributed by atoms with E-state index in [0.29, 0.717) is 0 Å². The number of carbonyl (C=O) groups is 1. The van der Waals surface area contributed by atoms with Crippen molar-refractivity contribution in [3.63, 3.8) is 0 Å². The summed E-state index contributed by atoms with van der Waals surface area (Å²) >= 11 is 0. The summed E-state index contributed by atoms with van der Waals surface area (Å²) < 4.78 is 0. The quantitative estimate of drug-likeness (QED) is 0.752. The van der Waals surface area contributed by atoms with Gasteiger partial charge in [-0.1, -0.05) is 37.3 Å². The summed E-state index contributed by atoms with van der Waals surface area (Å²) in [5.74, 6) is 0. The van der Waals surface area contributed by atoms with Crippen LogP contribution in [-0.2, 0) is 0 Å². The van der Waals surface area contributed by atoms with E-state index in [4.69, 9.17) is 0 Å². The van der Waals surface area contributed by atoms with Crippen LogP contribution in [0.25, 0.3) is 0 Å². The van der Waals surface area contributed by atoms with Gasteiger partial charge in [0.2, 0.25) is 0 Å². The van der Waals surface area contributed by atoms with Gasteiger partial charge in [0.05, 0.1) is 6.04 Å². The fraction of sp³-hybridized carbons (Fsp3) is 0.300. The number of amides is 1. The van der Waals surface area contributed by atoms with Crippen molar-refractivity contribution in [3.8, 4) is 0 Å². The number of carboxylic acid groups (broad SMARTS) is 1. The lowest BCUT2D eigenvalue weighted by molar-refractivity contribution is -0.251. The number of hydrogen-bond donors (Lipinski definition) is 1. The fourth-order valence-electron chi connectivity index (χ4n) is 1.25. The summed E-state index contributed by atoms with van der Waals surface area (Å²) in [4.78, 5) is 10.3. The molecule has 1 aromatic rings. The maximum atomic E-state index is 10.3. The zero-order valence-corrected chi connectivity index (χ0v) is 7.49. The molecule has 0 saturated heterocycles. The van der Waals surface area contributed by atoms with Crippen molar-refractivity contribution in [1.29, 1.82) is 0 Å². The van der Waals surface area contributed by atoms with Crippen LogP contribution in [0.5, 0.6) is 0 Å². The Kier molecular flexibility index (Phi) is 3.31. The molecule has 1 aromatic carbocycles. The Hall–Kier alpha value is -1.51. The minimum Gasteiger partial charge on any atom is -0.530 e. The van der Waals surface area contributed by atoms with Crippen molar-refractivity contribution in [3.05, 3.63) is 35.9 Å². The van der Waals surface area contributed by atoms with Crippen molar-refractivity contribution < 1.29 is 9.90 Å². The SMILES string of the molecule is CC[C@@H](NC(=O)[O-])c1ccccc1. The number of rotatable bonds is 3. The number of nitrogens with one attached hydrogen (secondary N) is 1. The first-order valence-corrected chi connectivity index (χ1v) is 4.26. The van der Waals surface area contributed by atoms with Crippen LogP contribution in [-0.4, -0.2) is 6.09 Å². The molecule has 0 aliphatic heterocycles. The van der Waals surface area contributed by atoms with Crippen LogP contribution in [0.15, 0.2) is 30.3 Å². The van der Waals surface area contributed by atoms with Crippen molar-refractivity contribution in [2.24, 2.45) is 0 Å². The van der Waals surface area contributed by atoms with E-state index in [0.717, 1.165) is 12.0 Å². The van der Waals surface area contributed by atoms with Crippen molar-refractivity contribution in [2.45, 2.75) is 19.4 Å². The number of carbonyl (C=O) groups excluding carboxylic acids is 1. The smallest absolute Gasteiger partial charge is 0.134 e. The first kappa shape index (κ1) is 9.58. The van der Waals surface area contributed by atoms with Gasteiger partial charge >= 0.3 is 0 Å². The van der Waals surface area contributed by atoms with Gasteiger partial charge in [0.1, 0.15) is 6.09 Å². The van der Waals surface area contributed by atoms with Crippen LogP contribution in [0.4, 0.5) is 4.79 Å². The van der Waals surface area contributed by atoms with Gasteiger partial charge in [-0.3, -0.25) is 0 Å². The fourth-order valence-corrected chi connectivity index (χ4v) is 1.25. The third-order valence-electron chi connectivity index (χ3n) is 1.90. The van der Waals surface area contributed by atoms with Crippen molar-refractivity contribution in [1.82, 2.24) is 5.32 Å². The van der Waals surface area contributed by atoms with E-state index in [1.807, 2.05) is 37.3 Å². The Morgan fingerprint density at radius 1 is 1.46 bits per heavy atom. The third-order valence-corrected chi connectivity index (χ3v) is 1.90. The van der Waals surface area contributed by atoms with Gasteiger partial charge in [-0.25, -0.2) is 0 Å². The Labute approximate surface area is 77.4 Å². The van der Waals surface area contributed by atoms with Gasteiger partial charge in [0.25, 0.3) is 0 Å². The Morgan fingerprint density at radius 2 is 2.08 bits per heavy atom. The Balaban J connectivity index is 2.73. The van der Waals surface area contributed by atoms with Gasteiger partial charge in [-0.05, 0) is 12.0 Å². The highest BCUT2D eigenvalue weighted by molar-refractivity contribution is 5.62. The summed E-state index contributed by atoms with van der Waals surface area (Å²) in [6, 6.07) is 9.29. The lowest BCUT2D eigenvalue weighted by Gasteiger charge is -2.18. The normalized spacial score (nSPS) is 12.1. The molecule has 1 amide bonds. The van der Waals surface area contributed by atoms with E-state index in [1.165, 1.54) is 0 Å². The van der Waals surface area contributed by atoms with Crippen molar-refractivity contribution >= 4 is 6.09 Å². The lowest BCUT2D eigenvalue weighted by atomic mass is 10.1. The van der Waals surface area contributed by atoms with Crippen LogP contribution in [0.1, 0.15) is 24.9 Å². The van der Waals surface area contributed by atoms with E-state index in [-0.39, 0.29) is 6.04 Å². The largest absolute Gasteiger partial charge is 0.530 e. The van der Waals surface area contributed by atoms with Gasteiger partial charge in [-0.2, -0.15) is 0 Å². The molecule has 0 aliphatic rings. The highest BCUT2D eigenvalue weighted by atomic mass is 16.4. The predicted molar refractivity (Wildman–Crippen MR) is 48.0 cm³/mol. The van der Waals surface area contributed by atoms with Gasteiger partial charge < -0.3 is 15.2 Å². The van der Waals surface area contributed by atoms with E-state index < -0.39 is 6.09 Å².